The average Bonchev–Trinajstić information content (AvgIpc) is 2.03. The number of rotatable bonds is 8. The van der Waals surface area contributed by atoms with Crippen LogP contribution in [0.1, 0.15) is 52.4 Å². The zero-order valence-electron chi connectivity index (χ0n) is 8.47. The zero-order valence-corrected chi connectivity index (χ0v) is 10.8. The summed E-state index contributed by atoms with van der Waals surface area (Å²) in [6, 6.07) is 0. The number of unbranched alkanes of at least 4 members (excludes halogenated alkanes) is 4. The Bertz CT molecular complexity index is 58.9. The van der Waals surface area contributed by atoms with E-state index in [0.717, 1.165) is 0 Å². The molecule has 0 bridgehead atoms. The molecule has 74 valence electrons. The molecule has 0 N–H and O–H groups in total. The fourth-order valence-electron chi connectivity index (χ4n) is 1.01. The summed E-state index contributed by atoms with van der Waals surface area (Å²) in [5.41, 5.74) is 0. The predicted molar refractivity (Wildman–Crippen MR) is 55.1 cm³/mol. The molecular formula is C10H22OTe. The first-order chi connectivity index (χ1) is 5.41. The minimum absolute atomic E-state index is 0. The van der Waals surface area contributed by atoms with Gasteiger partial charge in [-0.2, -0.15) is 0 Å². The second-order valence-electron chi connectivity index (χ2n) is 3.03. The molecule has 1 nitrogen and oxygen atoms in total. The zero-order chi connectivity index (χ0) is 8.36. The predicted octanol–water partition coefficient (Wildman–Crippen LogP) is 3.79. The molecule has 0 heterocycles. The molecule has 2 radical (unpaired) electrons. The van der Waals surface area contributed by atoms with E-state index in [-0.39, 0.29) is 5.48 Å². The molecule has 0 unspecified atom stereocenters. The minimum Gasteiger partial charge on any atom is 0 e. The minimum atomic E-state index is 0. The van der Waals surface area contributed by atoms with Crippen LogP contribution in [0.5, 0.6) is 0 Å². The number of hydrogen-bond donors (Lipinski definition) is 0. The Labute approximate surface area is 87.7 Å². The molecule has 0 aromatic rings. The van der Waals surface area contributed by atoms with Gasteiger partial charge in [-0.05, 0) is 0 Å². The first kappa shape index (κ1) is 15.2. The summed E-state index contributed by atoms with van der Waals surface area (Å²) in [4.78, 5) is 0. The largest absolute Gasteiger partial charge is 0 e. The molecule has 0 rings (SSSR count). The van der Waals surface area contributed by atoms with Gasteiger partial charge in [0.05, 0.1) is 0 Å². The molecule has 0 aliphatic carbocycles. The summed E-state index contributed by atoms with van der Waals surface area (Å²) in [6.45, 7) is 4.58. The van der Waals surface area contributed by atoms with Gasteiger partial charge in [-0.3, -0.25) is 0 Å². The van der Waals surface area contributed by atoms with Crippen LogP contribution in [0, 0.1) is 0 Å². The molecule has 0 aliphatic rings. The molecular weight excluding hydrogens is 264 g/mol. The van der Waals surface area contributed by atoms with Crippen molar-refractivity contribution < 1.29 is 5.48 Å². The topological polar surface area (TPSA) is 28.5 Å². The normalized spacial score (nSPS) is 9.50. The first-order valence-corrected chi connectivity index (χ1v) is 8.29. The van der Waals surface area contributed by atoms with Gasteiger partial charge in [-0.1, -0.05) is 0 Å². The van der Waals surface area contributed by atoms with Crippen molar-refractivity contribution in [2.45, 2.75) is 61.3 Å². The van der Waals surface area contributed by atoms with Crippen molar-refractivity contribution in [2.24, 2.45) is 0 Å². The van der Waals surface area contributed by atoms with Crippen molar-refractivity contribution in [1.82, 2.24) is 0 Å². The molecule has 12 heavy (non-hydrogen) atoms. The van der Waals surface area contributed by atoms with E-state index in [1.807, 2.05) is 0 Å². The maximum Gasteiger partial charge on any atom is 0 e. The fraction of sp³-hybridized carbons (Fsp3) is 1.00. The van der Waals surface area contributed by atoms with Crippen LogP contribution in [-0.4, -0.2) is 20.9 Å². The second kappa shape index (κ2) is 14.3. The number of hydrogen-bond acceptors (Lipinski definition) is 0. The molecule has 0 aliphatic heterocycles. The third-order valence-corrected chi connectivity index (χ3v) is 5.08. The van der Waals surface area contributed by atoms with Crippen molar-refractivity contribution in [3.63, 3.8) is 0 Å². The Morgan fingerprint density at radius 3 is 1.50 bits per heavy atom. The molecule has 0 saturated carbocycles. The van der Waals surface area contributed by atoms with E-state index in [1.165, 1.54) is 38.5 Å². The van der Waals surface area contributed by atoms with E-state index in [0.29, 0.717) is 20.9 Å². The van der Waals surface area contributed by atoms with Gasteiger partial charge < -0.3 is 0 Å². The van der Waals surface area contributed by atoms with Crippen molar-refractivity contribution in [1.29, 1.82) is 0 Å². The van der Waals surface area contributed by atoms with Crippen LogP contribution in [-0.2, 0) is 5.48 Å². The van der Waals surface area contributed by atoms with Crippen LogP contribution in [0.2, 0.25) is 8.94 Å². The molecule has 0 aromatic heterocycles. The third-order valence-electron chi connectivity index (χ3n) is 1.78. The Morgan fingerprint density at radius 1 is 0.750 bits per heavy atom. The van der Waals surface area contributed by atoms with E-state index < -0.39 is 0 Å². The van der Waals surface area contributed by atoms with E-state index in [1.54, 1.807) is 8.94 Å². The Hall–Kier alpha value is 0.750. The summed E-state index contributed by atoms with van der Waals surface area (Å²) in [5.74, 6) is 0. The molecule has 2 heteroatoms. The summed E-state index contributed by atoms with van der Waals surface area (Å²) in [5, 5.41) is 0. The first-order valence-electron chi connectivity index (χ1n) is 4.99. The van der Waals surface area contributed by atoms with Gasteiger partial charge in [0.15, 0.2) is 0 Å². The van der Waals surface area contributed by atoms with Crippen molar-refractivity contribution in [3.8, 4) is 0 Å². The van der Waals surface area contributed by atoms with E-state index in [4.69, 9.17) is 0 Å². The molecule has 0 saturated heterocycles. The van der Waals surface area contributed by atoms with Crippen LogP contribution >= 0.6 is 0 Å². The van der Waals surface area contributed by atoms with Gasteiger partial charge in [0.1, 0.15) is 0 Å². The van der Waals surface area contributed by atoms with Gasteiger partial charge in [-0.15, -0.1) is 0 Å². The summed E-state index contributed by atoms with van der Waals surface area (Å²) in [7, 11) is 0. The average molecular weight is 286 g/mol. The molecule has 0 spiro atoms. The Balaban J connectivity index is 0. The van der Waals surface area contributed by atoms with Crippen LogP contribution in [0.15, 0.2) is 0 Å². The van der Waals surface area contributed by atoms with Gasteiger partial charge in [-0.25, -0.2) is 0 Å². The van der Waals surface area contributed by atoms with E-state index in [2.05, 4.69) is 13.8 Å². The van der Waals surface area contributed by atoms with Crippen molar-refractivity contribution >= 4 is 20.9 Å². The van der Waals surface area contributed by atoms with E-state index >= 15 is 0 Å². The van der Waals surface area contributed by atoms with Crippen LogP contribution in [0.25, 0.3) is 0 Å². The monoisotopic (exact) mass is 288 g/mol. The van der Waals surface area contributed by atoms with Crippen molar-refractivity contribution in [3.05, 3.63) is 0 Å². The Kier molecular flexibility index (Phi) is 18.1. The summed E-state index contributed by atoms with van der Waals surface area (Å²) in [6.07, 6.45) is 8.76. The molecule has 0 atom stereocenters. The fourth-order valence-corrected chi connectivity index (χ4v) is 3.92. The van der Waals surface area contributed by atoms with E-state index in [9.17, 15) is 0 Å². The Morgan fingerprint density at radius 2 is 1.17 bits per heavy atom. The summed E-state index contributed by atoms with van der Waals surface area (Å²) < 4.78 is 3.20. The quantitative estimate of drug-likeness (QED) is 0.480. The van der Waals surface area contributed by atoms with Gasteiger partial charge in [0.2, 0.25) is 0 Å². The van der Waals surface area contributed by atoms with Crippen LogP contribution in [0.3, 0.4) is 0 Å². The van der Waals surface area contributed by atoms with Crippen LogP contribution in [0.4, 0.5) is 0 Å². The third kappa shape index (κ3) is 13.3. The molecule has 0 fully saturated rings. The maximum atomic E-state index is 2.29. The van der Waals surface area contributed by atoms with Crippen LogP contribution < -0.4 is 0 Å². The standard InChI is InChI=1S/C10H22Te.O/c1-3-5-7-9-11-10-8-6-4-2;/h3-10H2,1-2H3;. The van der Waals surface area contributed by atoms with Gasteiger partial charge in [0.25, 0.3) is 0 Å². The molecule has 0 amide bonds. The molecule has 0 aromatic carbocycles. The second-order valence-corrected chi connectivity index (χ2v) is 6.52. The van der Waals surface area contributed by atoms with Gasteiger partial charge in [0, 0.05) is 5.48 Å². The smallest absolute Gasteiger partial charge is 0 e. The van der Waals surface area contributed by atoms with Crippen molar-refractivity contribution in [2.75, 3.05) is 0 Å². The summed E-state index contributed by atoms with van der Waals surface area (Å²) >= 11 is 0.441. The SMILES string of the molecule is CCCCC[Te]CCCCC.[O]. The maximum absolute atomic E-state index is 2.29. The van der Waals surface area contributed by atoms with Gasteiger partial charge >= 0.3 is 82.2 Å².